The lowest BCUT2D eigenvalue weighted by Crippen LogP contribution is -2.39. The molecule has 6 heteroatoms. The second kappa shape index (κ2) is 10.1. The van der Waals surface area contributed by atoms with Crippen molar-refractivity contribution in [3.63, 3.8) is 0 Å². The zero-order chi connectivity index (χ0) is 15.8. The number of nitrogens with one attached hydrogen (secondary N) is 2. The molecule has 4 nitrogen and oxygen atoms in total. The van der Waals surface area contributed by atoms with Gasteiger partial charge in [-0.25, -0.2) is 4.39 Å². The fraction of sp³-hybridized carbons (Fsp3) is 0.588. The molecule has 0 radical (unpaired) electrons. The first-order valence-electron chi connectivity index (χ1n) is 8.06. The summed E-state index contributed by atoms with van der Waals surface area (Å²) in [6.45, 7) is 7.63. The Bertz CT molecular complexity index is 506. The lowest BCUT2D eigenvalue weighted by molar-refractivity contribution is 0.152. The highest BCUT2D eigenvalue weighted by Crippen LogP contribution is 2.48. The Morgan fingerprint density at radius 3 is 2.70 bits per heavy atom. The number of guanidine groups is 1. The third-order valence-corrected chi connectivity index (χ3v) is 3.92. The van der Waals surface area contributed by atoms with E-state index in [-0.39, 0.29) is 35.2 Å². The van der Waals surface area contributed by atoms with Crippen LogP contribution < -0.4 is 10.6 Å². The minimum absolute atomic E-state index is 0. The highest BCUT2D eigenvalue weighted by Gasteiger charge is 2.44. The molecule has 1 saturated carbocycles. The highest BCUT2D eigenvalue weighted by molar-refractivity contribution is 14.0. The van der Waals surface area contributed by atoms with E-state index in [1.165, 1.54) is 6.07 Å². The molecular weight excluding hydrogens is 408 g/mol. The fourth-order valence-electron chi connectivity index (χ4n) is 2.47. The van der Waals surface area contributed by atoms with Crippen LogP contribution in [0, 0.1) is 5.82 Å². The van der Waals surface area contributed by atoms with Crippen molar-refractivity contribution in [2.75, 3.05) is 32.8 Å². The number of ether oxygens (including phenoxy) is 1. The molecule has 2 N–H and O–H groups in total. The van der Waals surface area contributed by atoms with Crippen molar-refractivity contribution in [2.24, 2.45) is 4.99 Å². The molecule has 23 heavy (non-hydrogen) atoms. The molecule has 0 aliphatic heterocycles. The molecule has 0 spiro atoms. The number of hydrogen-bond donors (Lipinski definition) is 2. The molecule has 0 atom stereocenters. The number of benzene rings is 1. The fourth-order valence-corrected chi connectivity index (χ4v) is 2.47. The van der Waals surface area contributed by atoms with E-state index in [1.807, 2.05) is 19.9 Å². The van der Waals surface area contributed by atoms with Gasteiger partial charge in [0.2, 0.25) is 0 Å². The van der Waals surface area contributed by atoms with E-state index < -0.39 is 0 Å². The lowest BCUT2D eigenvalue weighted by atomic mass is 9.96. The summed E-state index contributed by atoms with van der Waals surface area (Å²) in [6.07, 6.45) is 2.14. The van der Waals surface area contributed by atoms with Crippen molar-refractivity contribution < 1.29 is 9.13 Å². The lowest BCUT2D eigenvalue weighted by Gasteiger charge is -2.16. The van der Waals surface area contributed by atoms with Crippen LogP contribution in [-0.4, -0.2) is 38.8 Å². The van der Waals surface area contributed by atoms with Gasteiger partial charge in [0.1, 0.15) is 5.82 Å². The Labute approximate surface area is 155 Å². The van der Waals surface area contributed by atoms with Crippen LogP contribution in [0.15, 0.2) is 29.3 Å². The highest BCUT2D eigenvalue weighted by atomic mass is 127. The van der Waals surface area contributed by atoms with E-state index >= 15 is 0 Å². The third-order valence-electron chi connectivity index (χ3n) is 3.92. The van der Waals surface area contributed by atoms with Gasteiger partial charge in [0.25, 0.3) is 0 Å². The summed E-state index contributed by atoms with van der Waals surface area (Å²) in [5.74, 6) is 0.624. The summed E-state index contributed by atoms with van der Waals surface area (Å²) in [5.41, 5.74) is 1.08. The van der Waals surface area contributed by atoms with Crippen LogP contribution in [0.1, 0.15) is 32.3 Å². The molecule has 1 aromatic rings. The summed E-state index contributed by atoms with van der Waals surface area (Å²) < 4.78 is 18.7. The molecule has 0 amide bonds. The number of nitrogens with zero attached hydrogens (tertiary/aromatic N) is 1. The molecular formula is C17H27FIN3O. The Balaban J connectivity index is 0.00000264. The van der Waals surface area contributed by atoms with E-state index in [1.54, 1.807) is 12.1 Å². The largest absolute Gasteiger partial charge is 0.380 e. The van der Waals surface area contributed by atoms with Crippen LogP contribution in [0.4, 0.5) is 4.39 Å². The molecule has 1 fully saturated rings. The van der Waals surface area contributed by atoms with E-state index in [9.17, 15) is 4.39 Å². The summed E-state index contributed by atoms with van der Waals surface area (Å²) >= 11 is 0. The molecule has 0 heterocycles. The minimum Gasteiger partial charge on any atom is -0.380 e. The van der Waals surface area contributed by atoms with Gasteiger partial charge in [-0.05, 0) is 44.4 Å². The van der Waals surface area contributed by atoms with Crippen molar-refractivity contribution in [1.29, 1.82) is 0 Å². The first kappa shape index (κ1) is 20.2. The van der Waals surface area contributed by atoms with Gasteiger partial charge in [0.05, 0.1) is 13.2 Å². The SMILES string of the molecule is CCNC(=NCC1(c2cccc(F)c2)CC1)NCCOCC.I. The quantitative estimate of drug-likeness (QED) is 0.286. The monoisotopic (exact) mass is 435 g/mol. The van der Waals surface area contributed by atoms with Gasteiger partial charge in [0, 0.05) is 25.1 Å². The Morgan fingerprint density at radius 1 is 1.30 bits per heavy atom. The van der Waals surface area contributed by atoms with Crippen molar-refractivity contribution >= 4 is 29.9 Å². The number of hydrogen-bond acceptors (Lipinski definition) is 2. The van der Waals surface area contributed by atoms with Crippen LogP contribution in [0.25, 0.3) is 0 Å². The van der Waals surface area contributed by atoms with Gasteiger partial charge in [-0.1, -0.05) is 12.1 Å². The van der Waals surface area contributed by atoms with E-state index in [2.05, 4.69) is 15.6 Å². The van der Waals surface area contributed by atoms with Gasteiger partial charge in [-0.2, -0.15) is 0 Å². The van der Waals surface area contributed by atoms with E-state index in [0.29, 0.717) is 13.2 Å². The van der Waals surface area contributed by atoms with Gasteiger partial charge in [-0.15, -0.1) is 24.0 Å². The second-order valence-corrected chi connectivity index (χ2v) is 5.61. The molecule has 0 aromatic heterocycles. The van der Waals surface area contributed by atoms with Crippen LogP contribution >= 0.6 is 24.0 Å². The van der Waals surface area contributed by atoms with E-state index in [4.69, 9.17) is 4.74 Å². The molecule has 1 aliphatic carbocycles. The molecule has 0 saturated heterocycles. The number of aliphatic imine (C=N–C) groups is 1. The van der Waals surface area contributed by atoms with Crippen LogP contribution in [0.2, 0.25) is 0 Å². The Hall–Kier alpha value is -0.890. The molecule has 2 rings (SSSR count). The zero-order valence-electron chi connectivity index (χ0n) is 13.9. The van der Waals surface area contributed by atoms with Crippen LogP contribution in [0.3, 0.4) is 0 Å². The molecule has 1 aliphatic rings. The second-order valence-electron chi connectivity index (χ2n) is 5.61. The number of rotatable bonds is 8. The molecule has 0 unspecified atom stereocenters. The van der Waals surface area contributed by atoms with Gasteiger partial charge in [0.15, 0.2) is 5.96 Å². The van der Waals surface area contributed by atoms with Gasteiger partial charge in [-0.3, -0.25) is 4.99 Å². The summed E-state index contributed by atoms with van der Waals surface area (Å²) in [6, 6.07) is 6.90. The Kier molecular flexibility index (Phi) is 8.83. The summed E-state index contributed by atoms with van der Waals surface area (Å²) in [5, 5.41) is 6.49. The molecule has 0 bridgehead atoms. The van der Waals surface area contributed by atoms with Crippen molar-refractivity contribution in [3.8, 4) is 0 Å². The number of halogens is 2. The van der Waals surface area contributed by atoms with Crippen molar-refractivity contribution in [1.82, 2.24) is 10.6 Å². The standard InChI is InChI=1S/C17H26FN3O.HI/c1-3-19-16(20-10-11-22-4-2)21-13-17(8-9-17)14-6-5-7-15(18)12-14;/h5-7,12H,3-4,8-11,13H2,1-2H3,(H2,19,20,21);1H. The summed E-state index contributed by atoms with van der Waals surface area (Å²) in [4.78, 5) is 4.67. The maximum atomic E-state index is 13.4. The summed E-state index contributed by atoms with van der Waals surface area (Å²) in [7, 11) is 0. The normalized spacial score (nSPS) is 15.7. The maximum absolute atomic E-state index is 13.4. The third kappa shape index (κ3) is 6.25. The maximum Gasteiger partial charge on any atom is 0.191 e. The Morgan fingerprint density at radius 2 is 2.09 bits per heavy atom. The van der Waals surface area contributed by atoms with E-state index in [0.717, 1.165) is 44.1 Å². The average Bonchev–Trinajstić information content (AvgIpc) is 3.30. The molecule has 130 valence electrons. The van der Waals surface area contributed by atoms with Crippen LogP contribution in [-0.2, 0) is 10.2 Å². The topological polar surface area (TPSA) is 45.7 Å². The predicted molar refractivity (Wildman–Crippen MR) is 103 cm³/mol. The minimum atomic E-state index is -0.172. The van der Waals surface area contributed by atoms with Gasteiger partial charge < -0.3 is 15.4 Å². The molecule has 1 aromatic carbocycles. The first-order chi connectivity index (χ1) is 10.7. The smallest absolute Gasteiger partial charge is 0.191 e. The van der Waals surface area contributed by atoms with Gasteiger partial charge >= 0.3 is 0 Å². The average molecular weight is 435 g/mol. The van der Waals surface area contributed by atoms with Crippen molar-refractivity contribution in [2.45, 2.75) is 32.1 Å². The van der Waals surface area contributed by atoms with Crippen molar-refractivity contribution in [3.05, 3.63) is 35.6 Å². The first-order valence-corrected chi connectivity index (χ1v) is 8.06. The van der Waals surface area contributed by atoms with Crippen LogP contribution in [0.5, 0.6) is 0 Å². The zero-order valence-corrected chi connectivity index (χ0v) is 16.2. The predicted octanol–water partition coefficient (Wildman–Crippen LogP) is 3.07.